The van der Waals surface area contributed by atoms with E-state index in [0.717, 1.165) is 17.4 Å². The second-order valence-corrected chi connectivity index (χ2v) is 4.23. The fourth-order valence-electron chi connectivity index (χ4n) is 1.41. The van der Waals surface area contributed by atoms with E-state index in [1.54, 1.807) is 13.0 Å². The van der Waals surface area contributed by atoms with Gasteiger partial charge in [-0.25, -0.2) is 4.39 Å². The number of carbonyl (C=O) groups is 1. The molecule has 0 radical (unpaired) electrons. The summed E-state index contributed by atoms with van der Waals surface area (Å²) in [6.45, 7) is 1.72. The van der Waals surface area contributed by atoms with E-state index in [4.69, 9.17) is 0 Å². The van der Waals surface area contributed by atoms with Crippen molar-refractivity contribution in [2.75, 3.05) is 0 Å². The Morgan fingerprint density at radius 2 is 2.13 bits per heavy atom. The molecule has 0 saturated carbocycles. The van der Waals surface area contributed by atoms with Crippen LogP contribution in [0.1, 0.15) is 15.2 Å². The summed E-state index contributed by atoms with van der Waals surface area (Å²) in [6, 6.07) is 6.84. The highest BCUT2D eigenvalue weighted by Gasteiger charge is 2.07. The number of benzene rings is 1. The summed E-state index contributed by atoms with van der Waals surface area (Å²) >= 11 is 1.36. The SMILES string of the molecule is Cc1ccc(-c2ccsc2C=O)cc1F. The number of halogens is 1. The first kappa shape index (κ1) is 10.1. The maximum Gasteiger partial charge on any atom is 0.160 e. The molecule has 76 valence electrons. The lowest BCUT2D eigenvalue weighted by Gasteiger charge is -2.01. The highest BCUT2D eigenvalue weighted by atomic mass is 32.1. The van der Waals surface area contributed by atoms with Crippen molar-refractivity contribution in [1.82, 2.24) is 0 Å². The van der Waals surface area contributed by atoms with Crippen LogP contribution in [0.3, 0.4) is 0 Å². The smallest absolute Gasteiger partial charge is 0.160 e. The average molecular weight is 220 g/mol. The van der Waals surface area contributed by atoms with Crippen LogP contribution in [0.2, 0.25) is 0 Å². The Hall–Kier alpha value is -1.48. The van der Waals surface area contributed by atoms with E-state index >= 15 is 0 Å². The van der Waals surface area contributed by atoms with Crippen molar-refractivity contribution in [3.05, 3.63) is 45.9 Å². The Labute approximate surface area is 91.2 Å². The van der Waals surface area contributed by atoms with Crippen LogP contribution in [0.4, 0.5) is 4.39 Å². The lowest BCUT2D eigenvalue weighted by Crippen LogP contribution is -1.85. The normalized spacial score (nSPS) is 10.3. The summed E-state index contributed by atoms with van der Waals surface area (Å²) in [6.07, 6.45) is 0.803. The zero-order valence-electron chi connectivity index (χ0n) is 8.16. The number of carbonyl (C=O) groups excluding carboxylic acids is 1. The number of hydrogen-bond acceptors (Lipinski definition) is 2. The van der Waals surface area contributed by atoms with Gasteiger partial charge in [0.25, 0.3) is 0 Å². The van der Waals surface area contributed by atoms with Gasteiger partial charge in [0, 0.05) is 5.56 Å². The molecule has 0 saturated heterocycles. The van der Waals surface area contributed by atoms with Crippen molar-refractivity contribution >= 4 is 17.6 Å². The standard InChI is InChI=1S/C12H9FOS/c1-8-2-3-9(6-11(8)13)10-4-5-15-12(10)7-14/h2-7H,1H3. The van der Waals surface area contributed by atoms with Crippen molar-refractivity contribution in [2.45, 2.75) is 6.92 Å². The molecule has 0 atom stereocenters. The van der Waals surface area contributed by atoms with Crippen LogP contribution in [-0.4, -0.2) is 6.29 Å². The third-order valence-corrected chi connectivity index (χ3v) is 3.13. The van der Waals surface area contributed by atoms with Gasteiger partial charge in [0.15, 0.2) is 6.29 Å². The molecule has 2 rings (SSSR count). The van der Waals surface area contributed by atoms with Gasteiger partial charge in [-0.05, 0) is 35.6 Å². The van der Waals surface area contributed by atoms with Crippen LogP contribution < -0.4 is 0 Å². The number of aldehydes is 1. The maximum atomic E-state index is 13.3. The molecule has 2 aromatic rings. The number of aryl methyl sites for hydroxylation is 1. The Morgan fingerprint density at radius 1 is 1.33 bits per heavy atom. The monoisotopic (exact) mass is 220 g/mol. The molecule has 0 unspecified atom stereocenters. The van der Waals surface area contributed by atoms with Crippen molar-refractivity contribution < 1.29 is 9.18 Å². The van der Waals surface area contributed by atoms with Gasteiger partial charge in [-0.3, -0.25) is 4.79 Å². The molecule has 3 heteroatoms. The highest BCUT2D eigenvalue weighted by molar-refractivity contribution is 7.12. The molecule has 15 heavy (non-hydrogen) atoms. The van der Waals surface area contributed by atoms with Gasteiger partial charge in [-0.15, -0.1) is 11.3 Å². The molecule has 0 amide bonds. The van der Waals surface area contributed by atoms with E-state index in [2.05, 4.69) is 0 Å². The topological polar surface area (TPSA) is 17.1 Å². The molecule has 1 nitrogen and oxygen atoms in total. The second kappa shape index (κ2) is 3.95. The first-order valence-electron chi connectivity index (χ1n) is 4.51. The average Bonchev–Trinajstić information content (AvgIpc) is 2.70. The predicted octanol–water partition coefficient (Wildman–Crippen LogP) is 3.68. The molecular formula is C12H9FOS. The summed E-state index contributed by atoms with van der Waals surface area (Å²) in [5.74, 6) is -0.240. The zero-order valence-corrected chi connectivity index (χ0v) is 8.98. The largest absolute Gasteiger partial charge is 0.297 e. The van der Waals surface area contributed by atoms with Gasteiger partial charge in [-0.1, -0.05) is 12.1 Å². The summed E-state index contributed by atoms with van der Waals surface area (Å²) in [7, 11) is 0. The van der Waals surface area contributed by atoms with Crippen molar-refractivity contribution in [1.29, 1.82) is 0 Å². The van der Waals surface area contributed by atoms with Gasteiger partial charge >= 0.3 is 0 Å². The molecule has 0 spiro atoms. The van der Waals surface area contributed by atoms with Crippen LogP contribution in [0, 0.1) is 12.7 Å². The van der Waals surface area contributed by atoms with Gasteiger partial charge in [0.2, 0.25) is 0 Å². The van der Waals surface area contributed by atoms with E-state index in [-0.39, 0.29) is 5.82 Å². The van der Waals surface area contributed by atoms with Crippen LogP contribution >= 0.6 is 11.3 Å². The van der Waals surface area contributed by atoms with Gasteiger partial charge < -0.3 is 0 Å². The highest BCUT2D eigenvalue weighted by Crippen LogP contribution is 2.28. The number of thiophene rings is 1. The van der Waals surface area contributed by atoms with E-state index in [0.29, 0.717) is 10.4 Å². The number of hydrogen-bond donors (Lipinski definition) is 0. The fraction of sp³-hybridized carbons (Fsp3) is 0.0833. The third-order valence-electron chi connectivity index (χ3n) is 2.29. The van der Waals surface area contributed by atoms with Crippen LogP contribution in [-0.2, 0) is 0 Å². The quantitative estimate of drug-likeness (QED) is 0.706. The van der Waals surface area contributed by atoms with Crippen molar-refractivity contribution in [3.8, 4) is 11.1 Å². The Morgan fingerprint density at radius 3 is 2.80 bits per heavy atom. The predicted molar refractivity (Wildman–Crippen MR) is 59.8 cm³/mol. The third kappa shape index (κ3) is 1.83. The van der Waals surface area contributed by atoms with E-state index in [1.807, 2.05) is 17.5 Å². The van der Waals surface area contributed by atoms with E-state index in [1.165, 1.54) is 17.4 Å². The van der Waals surface area contributed by atoms with Crippen LogP contribution in [0.15, 0.2) is 29.6 Å². The minimum Gasteiger partial charge on any atom is -0.297 e. The van der Waals surface area contributed by atoms with Crippen molar-refractivity contribution in [3.63, 3.8) is 0 Å². The minimum absolute atomic E-state index is 0.240. The minimum atomic E-state index is -0.240. The fourth-order valence-corrected chi connectivity index (χ4v) is 2.13. The first-order valence-corrected chi connectivity index (χ1v) is 5.39. The molecular weight excluding hydrogens is 211 g/mol. The molecule has 1 aromatic carbocycles. The second-order valence-electron chi connectivity index (χ2n) is 3.28. The molecule has 0 fully saturated rings. The molecule has 0 N–H and O–H groups in total. The summed E-state index contributed by atoms with van der Waals surface area (Å²) in [5, 5.41) is 1.83. The maximum absolute atomic E-state index is 13.3. The lowest BCUT2D eigenvalue weighted by molar-refractivity contribution is 0.112. The zero-order chi connectivity index (χ0) is 10.8. The summed E-state index contributed by atoms with van der Waals surface area (Å²) in [4.78, 5) is 11.4. The summed E-state index contributed by atoms with van der Waals surface area (Å²) in [5.41, 5.74) is 2.16. The van der Waals surface area contributed by atoms with Gasteiger partial charge in [0.1, 0.15) is 5.82 Å². The van der Waals surface area contributed by atoms with Crippen LogP contribution in [0.5, 0.6) is 0 Å². The van der Waals surface area contributed by atoms with Gasteiger partial charge in [-0.2, -0.15) is 0 Å². The molecule has 1 heterocycles. The van der Waals surface area contributed by atoms with Crippen molar-refractivity contribution in [2.24, 2.45) is 0 Å². The summed E-state index contributed by atoms with van der Waals surface area (Å²) < 4.78 is 13.3. The van der Waals surface area contributed by atoms with Gasteiger partial charge in [0.05, 0.1) is 4.88 Å². The lowest BCUT2D eigenvalue weighted by atomic mass is 10.1. The molecule has 0 bridgehead atoms. The Balaban J connectivity index is 2.54. The molecule has 1 aromatic heterocycles. The molecule has 0 aliphatic rings. The van der Waals surface area contributed by atoms with E-state index < -0.39 is 0 Å². The Bertz CT molecular complexity index is 502. The number of rotatable bonds is 2. The molecule has 0 aliphatic heterocycles. The van der Waals surface area contributed by atoms with Crippen LogP contribution in [0.25, 0.3) is 11.1 Å². The Kier molecular flexibility index (Phi) is 2.64. The molecule has 0 aliphatic carbocycles. The van der Waals surface area contributed by atoms with E-state index in [9.17, 15) is 9.18 Å². The first-order chi connectivity index (χ1) is 7.22.